The fourth-order valence-corrected chi connectivity index (χ4v) is 3.40. The average Bonchev–Trinajstić information content (AvgIpc) is 2.54. The van der Waals surface area contributed by atoms with Crippen molar-refractivity contribution in [2.45, 2.75) is 26.3 Å². The van der Waals surface area contributed by atoms with Crippen LogP contribution in [0.5, 0.6) is 5.75 Å². The van der Waals surface area contributed by atoms with Crippen LogP contribution in [0.4, 0.5) is 4.39 Å². The molecule has 1 N–H and O–H groups in total. The van der Waals surface area contributed by atoms with Gasteiger partial charge < -0.3 is 9.47 Å². The van der Waals surface area contributed by atoms with E-state index in [4.69, 9.17) is 9.47 Å². The van der Waals surface area contributed by atoms with Gasteiger partial charge in [-0.3, -0.25) is 4.79 Å². The molecule has 2 atom stereocenters. The number of nitrogens with one attached hydrogen (secondary N) is 1. The van der Waals surface area contributed by atoms with Crippen molar-refractivity contribution in [3.63, 3.8) is 0 Å². The summed E-state index contributed by atoms with van der Waals surface area (Å²) in [6.07, 6.45) is 0.541. The van der Waals surface area contributed by atoms with E-state index in [2.05, 4.69) is 4.72 Å². The Balaban J connectivity index is 2.02. The maximum absolute atomic E-state index is 14.0. The van der Waals surface area contributed by atoms with E-state index >= 15 is 0 Å². The van der Waals surface area contributed by atoms with Gasteiger partial charge in [0.15, 0.2) is 17.3 Å². The molecule has 0 saturated carbocycles. The number of hydrogen-bond donors (Lipinski definition) is 1. The Hall–Kier alpha value is -1.51. The predicted octanol–water partition coefficient (Wildman–Crippen LogP) is 1.75. The highest BCUT2D eigenvalue weighted by Crippen LogP contribution is 2.22. The molecule has 6 nitrogen and oxygen atoms in total. The van der Waals surface area contributed by atoms with E-state index in [0.717, 1.165) is 6.07 Å². The first kappa shape index (κ1) is 18.8. The summed E-state index contributed by atoms with van der Waals surface area (Å²) in [6, 6.07) is 3.73. The fourth-order valence-electron chi connectivity index (χ4n) is 2.46. The normalized spacial score (nSPS) is 21.5. The molecule has 0 aromatic heterocycles. The third-order valence-electron chi connectivity index (χ3n) is 3.98. The van der Waals surface area contributed by atoms with Gasteiger partial charge in [-0.2, -0.15) is 0 Å². The van der Waals surface area contributed by atoms with Gasteiger partial charge >= 0.3 is 0 Å². The number of carbonyl (C=O) groups excluding carboxylic acids is 1. The topological polar surface area (TPSA) is 81.7 Å². The minimum Gasteiger partial charge on any atom is -0.490 e. The van der Waals surface area contributed by atoms with E-state index in [1.807, 2.05) is 0 Å². The molecule has 1 saturated heterocycles. The number of sulfonamides is 1. The molecule has 0 amide bonds. The summed E-state index contributed by atoms with van der Waals surface area (Å²) in [4.78, 5) is 11.2. The number of hydrogen-bond acceptors (Lipinski definition) is 5. The molecular formula is C16H22FNO5S. The van der Waals surface area contributed by atoms with Gasteiger partial charge in [-0.05, 0) is 38.5 Å². The van der Waals surface area contributed by atoms with Gasteiger partial charge in [-0.1, -0.05) is 0 Å². The summed E-state index contributed by atoms with van der Waals surface area (Å²) in [6.45, 7) is 3.85. The largest absolute Gasteiger partial charge is 0.490 e. The first-order chi connectivity index (χ1) is 11.3. The molecule has 8 heteroatoms. The van der Waals surface area contributed by atoms with E-state index < -0.39 is 15.8 Å². The molecule has 1 aliphatic heterocycles. The summed E-state index contributed by atoms with van der Waals surface area (Å²) in [7, 11) is -3.33. The standard InChI is InChI=1S/C16H22FNO5S/c1-3-24(20,21)18-15-6-7-22-9-13(15)10-23-16-5-4-12(11(2)19)8-14(16)17/h4-5,8,13,15,18H,3,6-7,9-10H2,1-2H3/t13-,15+/m0/s1. The van der Waals surface area contributed by atoms with Crippen molar-refractivity contribution in [3.8, 4) is 5.75 Å². The fraction of sp³-hybridized carbons (Fsp3) is 0.562. The molecule has 0 unspecified atom stereocenters. The number of benzene rings is 1. The van der Waals surface area contributed by atoms with Crippen LogP contribution >= 0.6 is 0 Å². The van der Waals surface area contributed by atoms with Crippen LogP contribution in [0.15, 0.2) is 18.2 Å². The molecule has 0 aliphatic carbocycles. The Bertz CT molecular complexity index is 692. The van der Waals surface area contributed by atoms with E-state index in [0.29, 0.717) is 19.6 Å². The van der Waals surface area contributed by atoms with E-state index in [1.165, 1.54) is 19.1 Å². The highest BCUT2D eigenvalue weighted by atomic mass is 32.2. The Morgan fingerprint density at radius 1 is 1.46 bits per heavy atom. The maximum atomic E-state index is 14.0. The number of Topliss-reactive ketones (excluding diaryl/α,β-unsaturated/α-hetero) is 1. The van der Waals surface area contributed by atoms with E-state index in [9.17, 15) is 17.6 Å². The maximum Gasteiger partial charge on any atom is 0.211 e. The number of ether oxygens (including phenoxy) is 2. The van der Waals surface area contributed by atoms with Gasteiger partial charge in [0.05, 0.1) is 19.0 Å². The van der Waals surface area contributed by atoms with E-state index in [-0.39, 0.29) is 41.4 Å². The van der Waals surface area contributed by atoms with Crippen LogP contribution in [0.3, 0.4) is 0 Å². The minimum atomic E-state index is -3.33. The SMILES string of the molecule is CCS(=O)(=O)N[C@@H]1CCOC[C@H]1COc1ccc(C(C)=O)cc1F. The molecule has 1 aromatic rings. The highest BCUT2D eigenvalue weighted by molar-refractivity contribution is 7.89. The lowest BCUT2D eigenvalue weighted by molar-refractivity contribution is 0.0180. The molecule has 0 radical (unpaired) electrons. The second kappa shape index (κ2) is 8.04. The zero-order valence-electron chi connectivity index (χ0n) is 13.7. The number of rotatable bonds is 7. The van der Waals surface area contributed by atoms with Crippen LogP contribution in [0.2, 0.25) is 0 Å². The van der Waals surface area contributed by atoms with Gasteiger partial charge in [0.2, 0.25) is 10.0 Å². The van der Waals surface area contributed by atoms with Crippen LogP contribution in [0.25, 0.3) is 0 Å². The molecule has 0 spiro atoms. The van der Waals surface area contributed by atoms with Crippen molar-refractivity contribution in [1.82, 2.24) is 4.72 Å². The lowest BCUT2D eigenvalue weighted by Crippen LogP contribution is -2.48. The average molecular weight is 359 g/mol. The summed E-state index contributed by atoms with van der Waals surface area (Å²) in [5, 5.41) is 0. The van der Waals surface area contributed by atoms with Crippen molar-refractivity contribution < 1.29 is 27.1 Å². The minimum absolute atomic E-state index is 0.000922. The van der Waals surface area contributed by atoms with Gasteiger partial charge in [-0.25, -0.2) is 17.5 Å². The van der Waals surface area contributed by atoms with Crippen molar-refractivity contribution in [2.75, 3.05) is 25.6 Å². The third-order valence-corrected chi connectivity index (χ3v) is 5.40. The van der Waals surface area contributed by atoms with Crippen LogP contribution in [-0.2, 0) is 14.8 Å². The molecule has 0 bridgehead atoms. The van der Waals surface area contributed by atoms with Gasteiger partial charge in [0, 0.05) is 24.1 Å². The summed E-state index contributed by atoms with van der Waals surface area (Å²) >= 11 is 0. The monoisotopic (exact) mass is 359 g/mol. The first-order valence-electron chi connectivity index (χ1n) is 7.83. The second-order valence-electron chi connectivity index (χ2n) is 5.76. The molecule has 1 heterocycles. The van der Waals surface area contributed by atoms with Gasteiger partial charge in [0.1, 0.15) is 0 Å². The second-order valence-corrected chi connectivity index (χ2v) is 7.81. The quantitative estimate of drug-likeness (QED) is 0.750. The highest BCUT2D eigenvalue weighted by Gasteiger charge is 2.29. The third kappa shape index (κ3) is 4.99. The van der Waals surface area contributed by atoms with E-state index in [1.54, 1.807) is 6.92 Å². The van der Waals surface area contributed by atoms with Crippen LogP contribution < -0.4 is 9.46 Å². The lowest BCUT2D eigenvalue weighted by atomic mass is 9.98. The molecule has 1 aliphatic rings. The number of carbonyl (C=O) groups is 1. The first-order valence-corrected chi connectivity index (χ1v) is 9.48. The van der Waals surface area contributed by atoms with Crippen molar-refractivity contribution in [1.29, 1.82) is 0 Å². The Labute approximate surface area is 141 Å². The summed E-state index contributed by atoms with van der Waals surface area (Å²) < 4.78 is 51.0. The van der Waals surface area contributed by atoms with Crippen LogP contribution in [0, 0.1) is 11.7 Å². The molecule has 1 fully saturated rings. The van der Waals surface area contributed by atoms with Crippen LogP contribution in [0.1, 0.15) is 30.6 Å². The van der Waals surface area contributed by atoms with Crippen molar-refractivity contribution in [2.24, 2.45) is 5.92 Å². The summed E-state index contributed by atoms with van der Waals surface area (Å²) in [5.41, 5.74) is 0.273. The number of ketones is 1. The zero-order chi connectivity index (χ0) is 17.7. The van der Waals surface area contributed by atoms with Crippen molar-refractivity contribution >= 4 is 15.8 Å². The summed E-state index contributed by atoms with van der Waals surface area (Å²) in [5.74, 6) is -1.03. The Kier molecular flexibility index (Phi) is 6.31. The molecule has 2 rings (SSSR count). The predicted molar refractivity (Wildman–Crippen MR) is 87.2 cm³/mol. The van der Waals surface area contributed by atoms with Gasteiger partial charge in [-0.15, -0.1) is 0 Å². The van der Waals surface area contributed by atoms with Gasteiger partial charge in [0.25, 0.3) is 0 Å². The molecule has 134 valence electrons. The number of halogens is 1. The molecule has 24 heavy (non-hydrogen) atoms. The molecule has 1 aromatic carbocycles. The van der Waals surface area contributed by atoms with Crippen LogP contribution in [-0.4, -0.2) is 45.8 Å². The Morgan fingerprint density at radius 2 is 2.21 bits per heavy atom. The molecular weight excluding hydrogens is 337 g/mol. The van der Waals surface area contributed by atoms with Crippen molar-refractivity contribution in [3.05, 3.63) is 29.6 Å². The lowest BCUT2D eigenvalue weighted by Gasteiger charge is -2.31. The smallest absolute Gasteiger partial charge is 0.211 e. The Morgan fingerprint density at radius 3 is 2.83 bits per heavy atom. The zero-order valence-corrected chi connectivity index (χ0v) is 14.6.